The lowest BCUT2D eigenvalue weighted by Gasteiger charge is -2.34. The summed E-state index contributed by atoms with van der Waals surface area (Å²) in [6.07, 6.45) is 2.91. The number of carbonyl (C=O) groups excluding carboxylic acids is 1. The highest BCUT2D eigenvalue weighted by atomic mass is 19.1. The molecular weight excluding hydrogens is 343 g/mol. The molecule has 0 spiro atoms. The summed E-state index contributed by atoms with van der Waals surface area (Å²) < 4.78 is 13.2. The van der Waals surface area contributed by atoms with Gasteiger partial charge >= 0.3 is 6.03 Å². The van der Waals surface area contributed by atoms with Crippen molar-refractivity contribution in [1.82, 2.24) is 10.2 Å². The van der Waals surface area contributed by atoms with Gasteiger partial charge in [-0.3, -0.25) is 0 Å². The molecular formula is C22H27FN2O2. The van der Waals surface area contributed by atoms with Gasteiger partial charge in [0, 0.05) is 19.6 Å². The molecule has 0 aromatic heterocycles. The van der Waals surface area contributed by atoms with E-state index in [9.17, 15) is 14.3 Å². The Balaban J connectivity index is 1.39. The Bertz CT molecular complexity index is 730. The lowest BCUT2D eigenvalue weighted by atomic mass is 9.88. The van der Waals surface area contributed by atoms with Crippen LogP contribution in [0, 0.1) is 11.7 Å². The number of aliphatic hydroxyl groups excluding tert-OH is 1. The summed E-state index contributed by atoms with van der Waals surface area (Å²) in [6, 6.07) is 16.3. The van der Waals surface area contributed by atoms with Gasteiger partial charge in [-0.05, 0) is 54.9 Å². The lowest BCUT2D eigenvalue weighted by molar-refractivity contribution is 0.0610. The zero-order chi connectivity index (χ0) is 19.1. The standard InChI is InChI=1S/C22H27FN2O2/c23-20-8-4-7-18(15-20)16-24-22(27)25-13-11-19(12-14-25)21(26)10-9-17-5-2-1-3-6-17/h1-8,15,19,21,26H,9-14,16H2,(H,24,27). The number of piperidine rings is 1. The van der Waals surface area contributed by atoms with E-state index in [4.69, 9.17) is 0 Å². The fraction of sp³-hybridized carbons (Fsp3) is 0.409. The maximum Gasteiger partial charge on any atom is 0.317 e. The van der Waals surface area contributed by atoms with Crippen LogP contribution in [0.4, 0.5) is 9.18 Å². The normalized spacial score (nSPS) is 16.1. The average molecular weight is 370 g/mol. The molecule has 2 N–H and O–H groups in total. The largest absolute Gasteiger partial charge is 0.393 e. The topological polar surface area (TPSA) is 52.6 Å². The maximum absolute atomic E-state index is 13.2. The fourth-order valence-corrected chi connectivity index (χ4v) is 3.62. The van der Waals surface area contributed by atoms with Crippen molar-refractivity contribution in [3.63, 3.8) is 0 Å². The number of benzene rings is 2. The summed E-state index contributed by atoms with van der Waals surface area (Å²) >= 11 is 0. The first kappa shape index (κ1) is 19.4. The summed E-state index contributed by atoms with van der Waals surface area (Å²) in [7, 11) is 0. The summed E-state index contributed by atoms with van der Waals surface area (Å²) in [5.41, 5.74) is 1.99. The number of halogens is 1. The van der Waals surface area contributed by atoms with Crippen molar-refractivity contribution in [2.24, 2.45) is 5.92 Å². The Morgan fingerprint density at radius 1 is 1.11 bits per heavy atom. The summed E-state index contributed by atoms with van der Waals surface area (Å²) in [6.45, 7) is 1.60. The van der Waals surface area contributed by atoms with E-state index < -0.39 is 0 Å². The van der Waals surface area contributed by atoms with Gasteiger partial charge in [-0.1, -0.05) is 42.5 Å². The quantitative estimate of drug-likeness (QED) is 0.814. The number of amides is 2. The molecule has 0 aliphatic carbocycles. The van der Waals surface area contributed by atoms with Crippen molar-refractivity contribution in [2.45, 2.75) is 38.3 Å². The van der Waals surface area contributed by atoms with E-state index >= 15 is 0 Å². The van der Waals surface area contributed by atoms with Crippen molar-refractivity contribution in [3.8, 4) is 0 Å². The molecule has 2 aromatic rings. The Morgan fingerprint density at radius 2 is 1.81 bits per heavy atom. The predicted octanol–water partition coefficient (Wildman–Crippen LogP) is 3.74. The van der Waals surface area contributed by atoms with Crippen LogP contribution < -0.4 is 5.32 Å². The highest BCUT2D eigenvalue weighted by Gasteiger charge is 2.27. The van der Waals surface area contributed by atoms with E-state index in [1.807, 2.05) is 18.2 Å². The molecule has 4 nitrogen and oxygen atoms in total. The van der Waals surface area contributed by atoms with Gasteiger partial charge < -0.3 is 15.3 Å². The van der Waals surface area contributed by atoms with Crippen molar-refractivity contribution >= 4 is 6.03 Å². The van der Waals surface area contributed by atoms with Crippen molar-refractivity contribution in [3.05, 3.63) is 71.5 Å². The third-order valence-electron chi connectivity index (χ3n) is 5.28. The molecule has 1 fully saturated rings. The zero-order valence-electron chi connectivity index (χ0n) is 15.5. The Morgan fingerprint density at radius 3 is 2.52 bits per heavy atom. The number of rotatable bonds is 6. The minimum atomic E-state index is -0.331. The van der Waals surface area contributed by atoms with Gasteiger partial charge in [0.1, 0.15) is 5.82 Å². The molecule has 5 heteroatoms. The Labute approximate surface area is 160 Å². The number of nitrogens with one attached hydrogen (secondary N) is 1. The molecule has 1 aliphatic heterocycles. The summed E-state index contributed by atoms with van der Waals surface area (Å²) in [5, 5.41) is 13.3. The van der Waals surface area contributed by atoms with Gasteiger partial charge in [-0.2, -0.15) is 0 Å². The number of urea groups is 1. The van der Waals surface area contributed by atoms with E-state index in [2.05, 4.69) is 17.4 Å². The highest BCUT2D eigenvalue weighted by Crippen LogP contribution is 2.23. The number of aliphatic hydroxyl groups is 1. The van der Waals surface area contributed by atoms with Crippen LogP contribution in [0.5, 0.6) is 0 Å². The van der Waals surface area contributed by atoms with E-state index in [-0.39, 0.29) is 23.9 Å². The van der Waals surface area contributed by atoms with Gasteiger partial charge in [0.15, 0.2) is 0 Å². The average Bonchev–Trinajstić information content (AvgIpc) is 2.71. The molecule has 0 bridgehead atoms. The summed E-state index contributed by atoms with van der Waals surface area (Å²) in [4.78, 5) is 14.1. The van der Waals surface area contributed by atoms with Crippen LogP contribution in [0.2, 0.25) is 0 Å². The minimum absolute atomic E-state index is 0.128. The number of nitrogens with zero attached hydrogens (tertiary/aromatic N) is 1. The lowest BCUT2D eigenvalue weighted by Crippen LogP contribution is -2.45. The van der Waals surface area contributed by atoms with Gasteiger partial charge in [0.2, 0.25) is 0 Å². The van der Waals surface area contributed by atoms with Crippen molar-refractivity contribution < 1.29 is 14.3 Å². The molecule has 1 atom stereocenters. The van der Waals surface area contributed by atoms with Crippen LogP contribution in [0.1, 0.15) is 30.4 Å². The number of hydrogen-bond donors (Lipinski definition) is 2. The van der Waals surface area contributed by atoms with Crippen molar-refractivity contribution in [2.75, 3.05) is 13.1 Å². The Kier molecular flexibility index (Phi) is 6.82. The molecule has 1 heterocycles. The molecule has 0 radical (unpaired) electrons. The van der Waals surface area contributed by atoms with Crippen LogP contribution in [-0.2, 0) is 13.0 Å². The van der Waals surface area contributed by atoms with Gasteiger partial charge in [-0.25, -0.2) is 9.18 Å². The van der Waals surface area contributed by atoms with E-state index in [0.29, 0.717) is 19.6 Å². The van der Waals surface area contributed by atoms with Gasteiger partial charge in [0.05, 0.1) is 6.10 Å². The second kappa shape index (κ2) is 9.51. The van der Waals surface area contributed by atoms with Crippen LogP contribution in [0.3, 0.4) is 0 Å². The number of aryl methyl sites for hydroxylation is 1. The first-order chi connectivity index (χ1) is 13.1. The van der Waals surface area contributed by atoms with Crippen LogP contribution in [0.25, 0.3) is 0 Å². The van der Waals surface area contributed by atoms with E-state index in [1.165, 1.54) is 17.7 Å². The van der Waals surface area contributed by atoms with E-state index in [1.54, 1.807) is 17.0 Å². The first-order valence-corrected chi connectivity index (χ1v) is 9.61. The van der Waals surface area contributed by atoms with Crippen molar-refractivity contribution in [1.29, 1.82) is 0 Å². The Hall–Kier alpha value is -2.40. The predicted molar refractivity (Wildman–Crippen MR) is 104 cm³/mol. The first-order valence-electron chi connectivity index (χ1n) is 9.61. The smallest absolute Gasteiger partial charge is 0.317 e. The second-order valence-electron chi connectivity index (χ2n) is 7.20. The van der Waals surface area contributed by atoms with Crippen LogP contribution >= 0.6 is 0 Å². The van der Waals surface area contributed by atoms with Gasteiger partial charge in [-0.15, -0.1) is 0 Å². The van der Waals surface area contributed by atoms with Gasteiger partial charge in [0.25, 0.3) is 0 Å². The molecule has 3 rings (SSSR count). The van der Waals surface area contributed by atoms with Crippen LogP contribution in [0.15, 0.2) is 54.6 Å². The molecule has 2 aromatic carbocycles. The monoisotopic (exact) mass is 370 g/mol. The fourth-order valence-electron chi connectivity index (χ4n) is 3.62. The minimum Gasteiger partial charge on any atom is -0.393 e. The molecule has 1 unspecified atom stereocenters. The summed E-state index contributed by atoms with van der Waals surface area (Å²) in [5.74, 6) is -0.0620. The molecule has 144 valence electrons. The molecule has 0 saturated carbocycles. The van der Waals surface area contributed by atoms with Crippen LogP contribution in [-0.4, -0.2) is 35.2 Å². The molecule has 1 aliphatic rings. The molecule has 27 heavy (non-hydrogen) atoms. The SMILES string of the molecule is O=C(NCc1cccc(F)c1)N1CCC(C(O)CCc2ccccc2)CC1. The third kappa shape index (κ3) is 5.79. The molecule has 1 saturated heterocycles. The van der Waals surface area contributed by atoms with E-state index in [0.717, 1.165) is 31.2 Å². The number of likely N-dealkylation sites (tertiary alicyclic amines) is 1. The third-order valence-corrected chi connectivity index (χ3v) is 5.28. The molecule has 2 amide bonds. The maximum atomic E-state index is 13.2. The second-order valence-corrected chi connectivity index (χ2v) is 7.20. The number of hydrogen-bond acceptors (Lipinski definition) is 2. The highest BCUT2D eigenvalue weighted by molar-refractivity contribution is 5.74. The number of carbonyl (C=O) groups is 1. The zero-order valence-corrected chi connectivity index (χ0v) is 15.5.